The Morgan fingerprint density at radius 1 is 0.388 bits per heavy atom. The molecule has 2 unspecified atom stereocenters. The van der Waals surface area contributed by atoms with E-state index in [1.54, 1.807) is 38.5 Å². The lowest BCUT2D eigenvalue weighted by Crippen LogP contribution is -2.32. The van der Waals surface area contributed by atoms with Crippen LogP contribution < -0.4 is 9.47 Å². The highest BCUT2D eigenvalue weighted by Gasteiger charge is 2.31. The molecule has 0 spiro atoms. The van der Waals surface area contributed by atoms with Gasteiger partial charge in [-0.05, 0) is 272 Å². The summed E-state index contributed by atoms with van der Waals surface area (Å²) in [5.74, 6) is 14.8. The van der Waals surface area contributed by atoms with Crippen molar-refractivity contribution in [1.29, 1.82) is 0 Å². The number of nitrogens with zero attached hydrogens (tertiary/aromatic N) is 8. The van der Waals surface area contributed by atoms with Gasteiger partial charge in [0.1, 0.15) is 11.5 Å². The van der Waals surface area contributed by atoms with Gasteiger partial charge in [0.2, 0.25) is 0 Å². The van der Waals surface area contributed by atoms with Crippen LogP contribution in [0.25, 0.3) is 43.6 Å². The third-order valence-corrected chi connectivity index (χ3v) is 22.1. The lowest BCUT2D eigenvalue weighted by atomic mass is 9.96. The summed E-state index contributed by atoms with van der Waals surface area (Å²) < 4.78 is 19.0. The zero-order valence-electron chi connectivity index (χ0n) is 59.0. The molecule has 17 heteroatoms. The monoisotopic (exact) mass is 1500 g/mol. The fourth-order valence-electron chi connectivity index (χ4n) is 14.4. The minimum atomic E-state index is 0.285. The molecular weight excluding hydrogens is 1430 g/mol. The number of fused-ring (bicyclic) bond motifs is 12. The summed E-state index contributed by atoms with van der Waals surface area (Å²) in [4.78, 5) is 9.44. The lowest BCUT2D eigenvalue weighted by Gasteiger charge is -2.32. The van der Waals surface area contributed by atoms with Gasteiger partial charge in [0, 0.05) is 140 Å². The average molecular weight is 1500 g/mol. The zero-order valence-corrected chi connectivity index (χ0v) is 64.3. The summed E-state index contributed by atoms with van der Waals surface area (Å²) in [5.41, 5.74) is 20.1. The van der Waals surface area contributed by atoms with Crippen LogP contribution in [0.1, 0.15) is 105 Å². The van der Waals surface area contributed by atoms with Crippen molar-refractivity contribution in [2.75, 3.05) is 68.6 Å². The van der Waals surface area contributed by atoms with E-state index >= 15 is 0 Å². The summed E-state index contributed by atoms with van der Waals surface area (Å²) in [6.07, 6.45) is 5.14. The van der Waals surface area contributed by atoms with Crippen LogP contribution in [-0.4, -0.2) is 106 Å². The molecule has 10 nitrogen and oxygen atoms in total. The first-order valence-corrected chi connectivity index (χ1v) is 37.0. The van der Waals surface area contributed by atoms with Gasteiger partial charge in [-0.2, -0.15) is 0 Å². The van der Waals surface area contributed by atoms with Crippen molar-refractivity contribution in [3.8, 4) is 59.4 Å². The molecule has 4 aromatic heterocycles. The number of halogens is 7. The van der Waals surface area contributed by atoms with Crippen molar-refractivity contribution >= 4 is 125 Å². The van der Waals surface area contributed by atoms with E-state index in [-0.39, 0.29) is 6.04 Å². The van der Waals surface area contributed by atoms with Crippen LogP contribution in [0.2, 0.25) is 35.2 Å². The van der Waals surface area contributed by atoms with Crippen molar-refractivity contribution in [1.82, 2.24) is 37.9 Å². The molecule has 0 radical (unpaired) electrons. The molecular formula is C86H77Cl7N8O2. The first-order chi connectivity index (χ1) is 49.7. The fraction of sp³-hybridized carbons (Fsp3) is 0.256. The Hall–Kier alpha value is -8.37. The highest BCUT2D eigenvalue weighted by molar-refractivity contribution is 6.42. The third-order valence-electron chi connectivity index (χ3n) is 19.9. The molecule has 0 aliphatic carbocycles. The molecule has 2 atom stereocenters. The second kappa shape index (κ2) is 31.9. The van der Waals surface area contributed by atoms with Gasteiger partial charge in [-0.3, -0.25) is 28.1 Å². The van der Waals surface area contributed by atoms with Crippen molar-refractivity contribution in [3.63, 3.8) is 0 Å². The Bertz CT molecular complexity index is 5340. The maximum atomic E-state index is 6.29. The second-order valence-corrected chi connectivity index (χ2v) is 29.6. The Balaban J connectivity index is 0.000000122. The van der Waals surface area contributed by atoms with E-state index in [2.05, 4.69) is 177 Å². The van der Waals surface area contributed by atoms with Crippen LogP contribution in [0.4, 0.5) is 0 Å². The van der Waals surface area contributed by atoms with Crippen LogP contribution >= 0.6 is 81.2 Å². The molecule has 0 amide bonds. The summed E-state index contributed by atoms with van der Waals surface area (Å²) in [6, 6.07) is 65.5. The van der Waals surface area contributed by atoms with Gasteiger partial charge in [-0.1, -0.05) is 99.8 Å². The maximum absolute atomic E-state index is 6.29. The summed E-state index contributed by atoms with van der Waals surface area (Å²) in [6.45, 7) is 12.7. The van der Waals surface area contributed by atoms with E-state index in [0.29, 0.717) is 26.1 Å². The fourth-order valence-corrected chi connectivity index (χ4v) is 15.5. The topological polar surface area (TPSA) is 51.1 Å². The number of rotatable bonds is 3. The predicted molar refractivity (Wildman–Crippen MR) is 430 cm³/mol. The Morgan fingerprint density at radius 2 is 0.757 bits per heavy atom. The molecule has 4 aliphatic heterocycles. The smallest absolute Gasteiger partial charge is 0.118 e. The average Bonchev–Trinajstić information content (AvgIpc) is 1.56. The Morgan fingerprint density at radius 3 is 1.20 bits per heavy atom. The summed E-state index contributed by atoms with van der Waals surface area (Å²) >= 11 is 43.1. The van der Waals surface area contributed by atoms with Gasteiger partial charge in [-0.25, -0.2) is 0 Å². The normalized spacial score (nSPS) is 15.5. The van der Waals surface area contributed by atoms with Gasteiger partial charge in [0.15, 0.2) is 0 Å². The predicted octanol–water partition coefficient (Wildman–Crippen LogP) is 20.4. The molecule has 12 aromatic rings. The molecule has 0 fully saturated rings. The summed E-state index contributed by atoms with van der Waals surface area (Å²) in [7, 11) is 12.0. The van der Waals surface area contributed by atoms with Gasteiger partial charge in [-0.15, -0.1) is 0 Å². The quantitative estimate of drug-likeness (QED) is 0.164. The van der Waals surface area contributed by atoms with E-state index in [1.807, 2.05) is 91.0 Å². The minimum absolute atomic E-state index is 0.285. The summed E-state index contributed by atoms with van der Waals surface area (Å²) in [5, 5.41) is 9.34. The number of likely N-dealkylation sites (N-methyl/N-ethyl adjacent to an activating group) is 4. The number of hydrogen-bond acceptors (Lipinski definition) is 6. The standard InChI is InChI=1S/C22H19Cl3N2.C22H22N2O.C21H17Cl3N2.C21H19ClN2O/c1-3-20-22-16(9-10-26(20)2)17-13-15(23)5-7-21(17)27(22)11-8-14-4-6-18(24)19(25)12-14;1-16-4-9-21-20(14-16)19-11-12-23(2)15-22(19)24(21)13-10-17-5-7-18(25-3)8-6-17;1-13-21-16(8-9-25(13)2)17-12-15(22)4-6-20(17)26(21)10-7-14-3-5-18(23)19(24)11-14;1-23-11-10-18-19-13-16(22)5-8-20(19)24(21(18)14-23)12-9-15-3-6-17(25-2)7-4-15/h4-7,12-13,20H,3,9-10H2,1-2H3;4-9,14H,11-12,15H2,1-3H3;3-6,11-13H,8-9H2,1-2H3;3-8,13H,10-11,14H2,1-2H3. The molecule has 0 N–H and O–H groups in total. The molecule has 16 rings (SSSR count). The largest absolute Gasteiger partial charge is 0.497 e. The van der Waals surface area contributed by atoms with Crippen LogP contribution in [0.5, 0.6) is 11.5 Å². The number of aryl methyl sites for hydroxylation is 1. The van der Waals surface area contributed by atoms with Gasteiger partial charge in [0.05, 0.1) is 73.8 Å². The molecule has 103 heavy (non-hydrogen) atoms. The number of ether oxygens (including phenoxy) is 2. The number of hydrogen-bond donors (Lipinski definition) is 0. The van der Waals surface area contributed by atoms with E-state index in [4.69, 9.17) is 90.7 Å². The van der Waals surface area contributed by atoms with Crippen LogP contribution in [0.3, 0.4) is 0 Å². The van der Waals surface area contributed by atoms with Gasteiger partial charge in [0.25, 0.3) is 0 Å². The second-order valence-electron chi connectivity index (χ2n) is 26.6. The van der Waals surface area contributed by atoms with Crippen molar-refractivity contribution < 1.29 is 9.47 Å². The molecule has 0 bridgehead atoms. The zero-order chi connectivity index (χ0) is 72.3. The van der Waals surface area contributed by atoms with Gasteiger partial charge < -0.3 is 19.3 Å². The van der Waals surface area contributed by atoms with E-state index < -0.39 is 0 Å². The molecule has 4 aliphatic rings. The van der Waals surface area contributed by atoms with E-state index in [9.17, 15) is 0 Å². The van der Waals surface area contributed by atoms with Crippen molar-refractivity contribution in [3.05, 3.63) is 266 Å². The van der Waals surface area contributed by atoms with Crippen LogP contribution in [0, 0.1) is 54.8 Å². The van der Waals surface area contributed by atoms with Crippen molar-refractivity contribution in [2.24, 2.45) is 0 Å². The number of methoxy groups -OCH3 is 2. The van der Waals surface area contributed by atoms with Crippen LogP contribution in [-0.2, 0) is 38.8 Å². The SMILES string of the molecule is CC1c2c(c3cc(Cl)ccc3n2C#Cc2ccc(Cl)c(Cl)c2)CCN1C.CCC1c2c(c3cc(Cl)ccc3n2C#Cc2ccc(Cl)c(Cl)c2)CCN1C.COc1ccc(C#Cn2c3c(c4cc(C)ccc42)CCN(C)C3)cc1.COc1ccc(C#Cn2c3c(c4cc(Cl)ccc42)CCN(C)C3)cc1. The highest BCUT2D eigenvalue weighted by atomic mass is 35.5. The third kappa shape index (κ3) is 15.7. The lowest BCUT2D eigenvalue weighted by molar-refractivity contribution is 0.219. The molecule has 0 saturated heterocycles. The first kappa shape index (κ1) is 73.0. The van der Waals surface area contributed by atoms with E-state index in [1.165, 1.54) is 77.7 Å². The van der Waals surface area contributed by atoms with Crippen molar-refractivity contribution in [2.45, 2.75) is 78.0 Å². The van der Waals surface area contributed by atoms with E-state index in [0.717, 1.165) is 137 Å². The highest BCUT2D eigenvalue weighted by Crippen LogP contribution is 2.41. The number of benzene rings is 8. The molecule has 8 heterocycles. The number of aromatic nitrogens is 4. The first-order valence-electron chi connectivity index (χ1n) is 34.4. The molecule has 0 saturated carbocycles. The molecule has 8 aromatic carbocycles. The van der Waals surface area contributed by atoms with Crippen LogP contribution in [0.15, 0.2) is 158 Å². The van der Waals surface area contributed by atoms with Gasteiger partial charge >= 0.3 is 0 Å². The minimum Gasteiger partial charge on any atom is -0.497 e. The molecule has 522 valence electrons. The Kier molecular flexibility index (Phi) is 22.6. The Labute approximate surface area is 639 Å². The maximum Gasteiger partial charge on any atom is 0.118 e.